The summed E-state index contributed by atoms with van der Waals surface area (Å²) in [7, 11) is 0. The SMILES string of the molecule is CCOC(=O)COc1cc([N+](=O)[O-])ccc1OCc1ccccc1. The van der Waals surface area contributed by atoms with E-state index in [4.69, 9.17) is 14.2 Å². The number of carbonyl (C=O) groups is 1. The van der Waals surface area contributed by atoms with Crippen molar-refractivity contribution < 1.29 is 23.9 Å². The van der Waals surface area contributed by atoms with E-state index in [-0.39, 0.29) is 31.3 Å². The molecule has 0 unspecified atom stereocenters. The fourth-order valence-electron chi connectivity index (χ4n) is 1.92. The Morgan fingerprint density at radius 2 is 1.83 bits per heavy atom. The molecule has 0 aromatic heterocycles. The predicted molar refractivity (Wildman–Crippen MR) is 86.0 cm³/mol. The van der Waals surface area contributed by atoms with Gasteiger partial charge in [-0.3, -0.25) is 10.1 Å². The molecule has 0 aliphatic carbocycles. The maximum atomic E-state index is 11.4. The molecular formula is C17H17NO6. The third-order valence-electron chi connectivity index (χ3n) is 3.03. The molecule has 0 fully saturated rings. The molecular weight excluding hydrogens is 314 g/mol. The number of non-ortho nitro benzene ring substituents is 1. The van der Waals surface area contributed by atoms with Gasteiger partial charge in [0.1, 0.15) is 6.61 Å². The van der Waals surface area contributed by atoms with Crippen LogP contribution >= 0.6 is 0 Å². The van der Waals surface area contributed by atoms with E-state index < -0.39 is 10.9 Å². The van der Waals surface area contributed by atoms with Crippen LogP contribution in [0.15, 0.2) is 48.5 Å². The minimum Gasteiger partial charge on any atom is -0.485 e. The lowest BCUT2D eigenvalue weighted by Gasteiger charge is -2.12. The highest BCUT2D eigenvalue weighted by atomic mass is 16.6. The van der Waals surface area contributed by atoms with Crippen molar-refractivity contribution in [3.8, 4) is 11.5 Å². The van der Waals surface area contributed by atoms with Crippen molar-refractivity contribution in [3.05, 3.63) is 64.2 Å². The molecule has 0 saturated heterocycles. The molecule has 0 bridgehead atoms. The van der Waals surface area contributed by atoms with Crippen LogP contribution in [0.2, 0.25) is 0 Å². The van der Waals surface area contributed by atoms with Gasteiger partial charge in [-0.1, -0.05) is 30.3 Å². The summed E-state index contributed by atoms with van der Waals surface area (Å²) in [6, 6.07) is 13.4. The highest BCUT2D eigenvalue weighted by Crippen LogP contribution is 2.32. The number of carbonyl (C=O) groups excluding carboxylic acids is 1. The van der Waals surface area contributed by atoms with Crippen molar-refractivity contribution in [2.75, 3.05) is 13.2 Å². The fourth-order valence-corrected chi connectivity index (χ4v) is 1.92. The van der Waals surface area contributed by atoms with Crippen molar-refractivity contribution in [3.63, 3.8) is 0 Å². The highest BCUT2D eigenvalue weighted by Gasteiger charge is 2.15. The standard InChI is InChI=1S/C17H17NO6/c1-2-22-17(19)12-24-16-10-14(18(20)21)8-9-15(16)23-11-13-6-4-3-5-7-13/h3-10H,2,11-12H2,1H3. The molecule has 7 nitrogen and oxygen atoms in total. The topological polar surface area (TPSA) is 87.9 Å². The Balaban J connectivity index is 2.12. The number of nitro groups is 1. The summed E-state index contributed by atoms with van der Waals surface area (Å²) in [6.45, 7) is 1.83. The second-order valence-corrected chi connectivity index (χ2v) is 4.76. The summed E-state index contributed by atoms with van der Waals surface area (Å²) >= 11 is 0. The van der Waals surface area contributed by atoms with Crippen molar-refractivity contribution >= 4 is 11.7 Å². The van der Waals surface area contributed by atoms with Crippen LogP contribution in [0.5, 0.6) is 11.5 Å². The summed E-state index contributed by atoms with van der Waals surface area (Å²) in [5.74, 6) is -0.125. The molecule has 2 aromatic carbocycles. The van der Waals surface area contributed by atoms with E-state index in [1.807, 2.05) is 30.3 Å². The zero-order chi connectivity index (χ0) is 17.4. The quantitative estimate of drug-likeness (QED) is 0.419. The first kappa shape index (κ1) is 17.3. The average Bonchev–Trinajstić information content (AvgIpc) is 2.59. The van der Waals surface area contributed by atoms with Crippen molar-refractivity contribution in [1.82, 2.24) is 0 Å². The molecule has 0 N–H and O–H groups in total. The number of hydrogen-bond donors (Lipinski definition) is 0. The number of nitro benzene ring substituents is 1. The van der Waals surface area contributed by atoms with E-state index in [0.29, 0.717) is 5.75 Å². The molecule has 2 aromatic rings. The minimum absolute atomic E-state index is 0.119. The first-order valence-electron chi connectivity index (χ1n) is 7.33. The number of esters is 1. The summed E-state index contributed by atoms with van der Waals surface area (Å²) in [5.41, 5.74) is 0.785. The Kier molecular flexibility index (Phi) is 6.13. The van der Waals surface area contributed by atoms with Crippen LogP contribution in [0.3, 0.4) is 0 Å². The van der Waals surface area contributed by atoms with Crippen molar-refractivity contribution in [1.29, 1.82) is 0 Å². The zero-order valence-electron chi connectivity index (χ0n) is 13.1. The normalized spacial score (nSPS) is 10.0. The molecule has 0 atom stereocenters. The monoisotopic (exact) mass is 331 g/mol. The lowest BCUT2D eigenvalue weighted by molar-refractivity contribution is -0.385. The van der Waals surface area contributed by atoms with Gasteiger partial charge in [0.2, 0.25) is 0 Å². The minimum atomic E-state index is -0.557. The molecule has 2 rings (SSSR count). The number of nitrogens with zero attached hydrogens (tertiary/aromatic N) is 1. The van der Waals surface area contributed by atoms with Crippen molar-refractivity contribution in [2.45, 2.75) is 13.5 Å². The fraction of sp³-hybridized carbons (Fsp3) is 0.235. The maximum Gasteiger partial charge on any atom is 0.344 e. The van der Waals surface area contributed by atoms with Crippen LogP contribution < -0.4 is 9.47 Å². The first-order chi connectivity index (χ1) is 11.6. The first-order valence-corrected chi connectivity index (χ1v) is 7.33. The van der Waals surface area contributed by atoms with Gasteiger partial charge < -0.3 is 14.2 Å². The molecule has 126 valence electrons. The van der Waals surface area contributed by atoms with Gasteiger partial charge in [-0.2, -0.15) is 0 Å². The molecule has 7 heteroatoms. The summed E-state index contributed by atoms with van der Waals surface area (Å²) in [4.78, 5) is 21.8. The average molecular weight is 331 g/mol. The van der Waals surface area contributed by atoms with Crippen LogP contribution in [0.4, 0.5) is 5.69 Å². The summed E-state index contributed by atoms with van der Waals surface area (Å²) in [6.07, 6.45) is 0. The van der Waals surface area contributed by atoms with E-state index in [1.165, 1.54) is 18.2 Å². The van der Waals surface area contributed by atoms with Gasteiger partial charge in [-0.15, -0.1) is 0 Å². The molecule has 0 radical (unpaired) electrons. The Labute approximate surface area is 138 Å². The highest BCUT2D eigenvalue weighted by molar-refractivity contribution is 5.71. The molecule has 0 aliphatic rings. The Bertz CT molecular complexity index is 701. The lowest BCUT2D eigenvalue weighted by Crippen LogP contribution is -2.15. The van der Waals surface area contributed by atoms with E-state index >= 15 is 0 Å². The third kappa shape index (κ3) is 4.98. The Hall–Kier alpha value is -3.09. The molecule has 24 heavy (non-hydrogen) atoms. The van der Waals surface area contributed by atoms with Crippen LogP contribution in [-0.4, -0.2) is 24.1 Å². The predicted octanol–water partition coefficient (Wildman–Crippen LogP) is 3.12. The second kappa shape index (κ2) is 8.52. The number of rotatable bonds is 8. The van der Waals surface area contributed by atoms with Gasteiger partial charge in [0.05, 0.1) is 17.6 Å². The summed E-state index contributed by atoms with van der Waals surface area (Å²) in [5, 5.41) is 10.9. The van der Waals surface area contributed by atoms with Gasteiger partial charge in [-0.25, -0.2) is 4.79 Å². The molecule has 0 spiro atoms. The number of hydrogen-bond acceptors (Lipinski definition) is 6. The smallest absolute Gasteiger partial charge is 0.344 e. The lowest BCUT2D eigenvalue weighted by atomic mass is 10.2. The Morgan fingerprint density at radius 1 is 1.08 bits per heavy atom. The van der Waals surface area contributed by atoms with Gasteiger partial charge in [0.25, 0.3) is 5.69 Å². The van der Waals surface area contributed by atoms with Crippen LogP contribution in [0.1, 0.15) is 12.5 Å². The van der Waals surface area contributed by atoms with Crippen LogP contribution in [-0.2, 0) is 16.1 Å². The third-order valence-corrected chi connectivity index (χ3v) is 3.03. The maximum absolute atomic E-state index is 11.4. The zero-order valence-corrected chi connectivity index (χ0v) is 13.1. The molecule has 0 aliphatic heterocycles. The largest absolute Gasteiger partial charge is 0.485 e. The van der Waals surface area contributed by atoms with Crippen LogP contribution in [0, 0.1) is 10.1 Å². The summed E-state index contributed by atoms with van der Waals surface area (Å²) < 4.78 is 15.7. The number of benzene rings is 2. The van der Waals surface area contributed by atoms with Crippen LogP contribution in [0.25, 0.3) is 0 Å². The second-order valence-electron chi connectivity index (χ2n) is 4.76. The van der Waals surface area contributed by atoms with Gasteiger partial charge in [0.15, 0.2) is 18.1 Å². The van der Waals surface area contributed by atoms with Gasteiger partial charge in [0, 0.05) is 6.07 Å². The van der Waals surface area contributed by atoms with E-state index in [9.17, 15) is 14.9 Å². The van der Waals surface area contributed by atoms with Gasteiger partial charge >= 0.3 is 5.97 Å². The number of ether oxygens (including phenoxy) is 3. The van der Waals surface area contributed by atoms with E-state index in [1.54, 1.807) is 6.92 Å². The Morgan fingerprint density at radius 3 is 2.50 bits per heavy atom. The molecule has 0 heterocycles. The van der Waals surface area contributed by atoms with Gasteiger partial charge in [-0.05, 0) is 18.6 Å². The molecule has 0 saturated carbocycles. The molecule has 0 amide bonds. The van der Waals surface area contributed by atoms with E-state index in [2.05, 4.69) is 0 Å². The van der Waals surface area contributed by atoms with E-state index in [0.717, 1.165) is 5.56 Å². The van der Waals surface area contributed by atoms with Crippen molar-refractivity contribution in [2.24, 2.45) is 0 Å².